The third-order valence-corrected chi connectivity index (χ3v) is 5.07. The van der Waals surface area contributed by atoms with Gasteiger partial charge in [0.25, 0.3) is 5.91 Å². The first-order valence-electron chi connectivity index (χ1n) is 9.06. The summed E-state index contributed by atoms with van der Waals surface area (Å²) in [6, 6.07) is 3.67. The number of likely N-dealkylation sites (N-methyl/N-ethyl adjacent to an activating group) is 1. The molecule has 25 heavy (non-hydrogen) atoms. The van der Waals surface area contributed by atoms with Crippen LogP contribution in [0.1, 0.15) is 29.4 Å². The summed E-state index contributed by atoms with van der Waals surface area (Å²) in [5.41, 5.74) is 1.50. The maximum atomic E-state index is 12.5. The monoisotopic (exact) mass is 345 g/mol. The number of nitrogens with one attached hydrogen (secondary N) is 1. The van der Waals surface area contributed by atoms with Gasteiger partial charge in [-0.05, 0) is 32.0 Å². The third kappa shape index (κ3) is 4.28. The molecule has 0 bridgehead atoms. The van der Waals surface area contributed by atoms with Crippen molar-refractivity contribution < 1.29 is 9.59 Å². The van der Waals surface area contributed by atoms with Crippen LogP contribution in [0.3, 0.4) is 0 Å². The molecular formula is C18H27N5O2. The molecule has 0 saturated carbocycles. The van der Waals surface area contributed by atoms with Crippen LogP contribution in [0.5, 0.6) is 0 Å². The molecule has 2 aliphatic heterocycles. The Morgan fingerprint density at radius 3 is 2.56 bits per heavy atom. The van der Waals surface area contributed by atoms with Crippen LogP contribution in [0.25, 0.3) is 0 Å². The molecule has 1 atom stereocenters. The number of carbonyl (C=O) groups is 2. The van der Waals surface area contributed by atoms with Crippen LogP contribution in [0.4, 0.5) is 4.79 Å². The number of rotatable bonds is 3. The standard InChI is InChI=1S/C18H27N5O2/c1-3-21-8-10-22(11-9-21)18(25)20-16-6-7-23(13-16)17(24)15-5-4-14(2)19-12-15/h4-5,12,16H,3,6-11,13H2,1-2H3,(H,20,25). The average Bonchev–Trinajstić information content (AvgIpc) is 3.10. The van der Waals surface area contributed by atoms with Crippen molar-refractivity contribution in [1.29, 1.82) is 0 Å². The normalized spacial score (nSPS) is 21.4. The summed E-state index contributed by atoms with van der Waals surface area (Å²) >= 11 is 0. The second kappa shape index (κ2) is 7.82. The quantitative estimate of drug-likeness (QED) is 0.886. The number of likely N-dealkylation sites (tertiary alicyclic amines) is 1. The van der Waals surface area contributed by atoms with Gasteiger partial charge in [-0.3, -0.25) is 9.78 Å². The highest BCUT2D eigenvalue weighted by Crippen LogP contribution is 2.14. The fourth-order valence-corrected chi connectivity index (χ4v) is 3.37. The second-order valence-corrected chi connectivity index (χ2v) is 6.80. The molecule has 0 spiro atoms. The van der Waals surface area contributed by atoms with Gasteiger partial charge in [0.2, 0.25) is 0 Å². The lowest BCUT2D eigenvalue weighted by molar-refractivity contribution is 0.0788. The van der Waals surface area contributed by atoms with Gasteiger partial charge in [0.1, 0.15) is 0 Å². The minimum Gasteiger partial charge on any atom is -0.336 e. The zero-order valence-electron chi connectivity index (χ0n) is 15.1. The van der Waals surface area contributed by atoms with E-state index in [1.807, 2.05) is 24.0 Å². The van der Waals surface area contributed by atoms with Gasteiger partial charge >= 0.3 is 6.03 Å². The van der Waals surface area contributed by atoms with Crippen molar-refractivity contribution in [1.82, 2.24) is 25.0 Å². The highest BCUT2D eigenvalue weighted by Gasteiger charge is 2.30. The predicted octanol–water partition coefficient (Wildman–Crippen LogP) is 0.952. The molecule has 2 fully saturated rings. The number of hydrogen-bond donors (Lipinski definition) is 1. The van der Waals surface area contributed by atoms with E-state index in [2.05, 4.69) is 22.1 Å². The maximum Gasteiger partial charge on any atom is 0.317 e. The molecule has 0 aromatic carbocycles. The zero-order valence-corrected chi connectivity index (χ0v) is 15.1. The van der Waals surface area contributed by atoms with E-state index in [0.29, 0.717) is 18.7 Å². The lowest BCUT2D eigenvalue weighted by Crippen LogP contribution is -2.53. The molecule has 2 aliphatic rings. The molecule has 1 aromatic rings. The largest absolute Gasteiger partial charge is 0.336 e. The summed E-state index contributed by atoms with van der Waals surface area (Å²) < 4.78 is 0. The fraction of sp³-hybridized carbons (Fsp3) is 0.611. The van der Waals surface area contributed by atoms with E-state index in [1.54, 1.807) is 11.1 Å². The molecule has 136 valence electrons. The smallest absolute Gasteiger partial charge is 0.317 e. The molecule has 3 amide bonds. The number of nitrogens with zero attached hydrogens (tertiary/aromatic N) is 4. The van der Waals surface area contributed by atoms with Crippen molar-refractivity contribution in [3.8, 4) is 0 Å². The van der Waals surface area contributed by atoms with Crippen LogP contribution in [0.15, 0.2) is 18.3 Å². The summed E-state index contributed by atoms with van der Waals surface area (Å²) in [5.74, 6) is -0.0131. The molecule has 1 aromatic heterocycles. The van der Waals surface area contributed by atoms with Gasteiger partial charge < -0.3 is 20.0 Å². The van der Waals surface area contributed by atoms with E-state index in [9.17, 15) is 9.59 Å². The number of piperazine rings is 1. The summed E-state index contributed by atoms with van der Waals surface area (Å²) in [6.07, 6.45) is 2.42. The van der Waals surface area contributed by atoms with Crippen LogP contribution >= 0.6 is 0 Å². The molecule has 1 unspecified atom stereocenters. The minimum absolute atomic E-state index is 0.00736. The summed E-state index contributed by atoms with van der Waals surface area (Å²) in [7, 11) is 0. The molecule has 0 radical (unpaired) electrons. The van der Waals surface area contributed by atoms with Crippen molar-refractivity contribution in [2.24, 2.45) is 0 Å². The summed E-state index contributed by atoms with van der Waals surface area (Å²) in [5, 5.41) is 3.09. The molecule has 3 rings (SSSR count). The second-order valence-electron chi connectivity index (χ2n) is 6.80. The number of hydrogen-bond acceptors (Lipinski definition) is 4. The Kier molecular flexibility index (Phi) is 5.53. The average molecular weight is 345 g/mol. The van der Waals surface area contributed by atoms with Gasteiger partial charge in [-0.2, -0.15) is 0 Å². The van der Waals surface area contributed by atoms with Crippen molar-refractivity contribution in [3.63, 3.8) is 0 Å². The Morgan fingerprint density at radius 1 is 1.16 bits per heavy atom. The summed E-state index contributed by atoms with van der Waals surface area (Å²) in [4.78, 5) is 35.1. The van der Waals surface area contributed by atoms with Gasteiger partial charge in [0.15, 0.2) is 0 Å². The van der Waals surface area contributed by atoms with Gasteiger partial charge in [0, 0.05) is 57.2 Å². The highest BCUT2D eigenvalue weighted by molar-refractivity contribution is 5.94. The van der Waals surface area contributed by atoms with Crippen molar-refractivity contribution in [2.75, 3.05) is 45.8 Å². The first kappa shape index (κ1) is 17.7. The Bertz CT molecular complexity index is 610. The van der Waals surface area contributed by atoms with E-state index < -0.39 is 0 Å². The Morgan fingerprint density at radius 2 is 1.92 bits per heavy atom. The number of pyridine rings is 1. The van der Waals surface area contributed by atoms with Crippen LogP contribution in [-0.4, -0.2) is 83.5 Å². The lowest BCUT2D eigenvalue weighted by atomic mass is 10.2. The van der Waals surface area contributed by atoms with Gasteiger partial charge in [-0.25, -0.2) is 4.79 Å². The molecule has 2 saturated heterocycles. The van der Waals surface area contributed by atoms with Crippen molar-refractivity contribution in [2.45, 2.75) is 26.3 Å². The molecule has 7 nitrogen and oxygen atoms in total. The number of urea groups is 1. The van der Waals surface area contributed by atoms with Crippen LogP contribution in [0.2, 0.25) is 0 Å². The van der Waals surface area contributed by atoms with Crippen LogP contribution in [-0.2, 0) is 0 Å². The fourth-order valence-electron chi connectivity index (χ4n) is 3.37. The van der Waals surface area contributed by atoms with E-state index in [4.69, 9.17) is 0 Å². The molecule has 1 N–H and O–H groups in total. The molecule has 7 heteroatoms. The summed E-state index contributed by atoms with van der Waals surface area (Å²) in [6.45, 7) is 9.70. The number of aryl methyl sites for hydroxylation is 1. The van der Waals surface area contributed by atoms with E-state index >= 15 is 0 Å². The topological polar surface area (TPSA) is 68.8 Å². The van der Waals surface area contributed by atoms with Crippen LogP contribution in [0, 0.1) is 6.92 Å². The maximum absolute atomic E-state index is 12.5. The van der Waals surface area contributed by atoms with Gasteiger partial charge in [-0.15, -0.1) is 0 Å². The van der Waals surface area contributed by atoms with Gasteiger partial charge in [0.05, 0.1) is 5.56 Å². The van der Waals surface area contributed by atoms with Gasteiger partial charge in [-0.1, -0.05) is 6.92 Å². The molecule has 0 aliphatic carbocycles. The first-order valence-corrected chi connectivity index (χ1v) is 9.06. The van der Waals surface area contributed by atoms with Crippen LogP contribution < -0.4 is 5.32 Å². The highest BCUT2D eigenvalue weighted by atomic mass is 16.2. The zero-order chi connectivity index (χ0) is 17.8. The minimum atomic E-state index is -0.0131. The Labute approximate surface area is 149 Å². The van der Waals surface area contributed by atoms with E-state index in [0.717, 1.165) is 44.8 Å². The number of amides is 3. The van der Waals surface area contributed by atoms with E-state index in [-0.39, 0.29) is 18.0 Å². The number of aromatic nitrogens is 1. The first-order chi connectivity index (χ1) is 12.1. The SMILES string of the molecule is CCN1CCN(C(=O)NC2CCN(C(=O)c3ccc(C)nc3)C2)CC1. The predicted molar refractivity (Wildman–Crippen MR) is 95.5 cm³/mol. The van der Waals surface area contributed by atoms with Crippen molar-refractivity contribution >= 4 is 11.9 Å². The van der Waals surface area contributed by atoms with E-state index in [1.165, 1.54) is 0 Å². The number of carbonyl (C=O) groups excluding carboxylic acids is 2. The Balaban J connectivity index is 1.48. The van der Waals surface area contributed by atoms with Crippen molar-refractivity contribution in [3.05, 3.63) is 29.6 Å². The molecule has 3 heterocycles. The third-order valence-electron chi connectivity index (χ3n) is 5.07. The Hall–Kier alpha value is -2.15. The lowest BCUT2D eigenvalue weighted by Gasteiger charge is -2.34. The molecular weight excluding hydrogens is 318 g/mol.